The van der Waals surface area contributed by atoms with Crippen LogP contribution >= 0.6 is 11.3 Å². The second kappa shape index (κ2) is 8.87. The van der Waals surface area contributed by atoms with Gasteiger partial charge in [-0.25, -0.2) is 9.97 Å². The van der Waals surface area contributed by atoms with Crippen molar-refractivity contribution < 1.29 is 14.3 Å². The van der Waals surface area contributed by atoms with Gasteiger partial charge >= 0.3 is 0 Å². The van der Waals surface area contributed by atoms with Crippen LogP contribution in [0.15, 0.2) is 23.5 Å². The van der Waals surface area contributed by atoms with E-state index in [1.54, 1.807) is 24.8 Å². The van der Waals surface area contributed by atoms with Gasteiger partial charge < -0.3 is 19.7 Å². The van der Waals surface area contributed by atoms with Crippen LogP contribution in [-0.4, -0.2) is 59.4 Å². The third-order valence-electron chi connectivity index (χ3n) is 7.13. The number of hydrogen-bond acceptors (Lipinski definition) is 8. The first-order chi connectivity index (χ1) is 17.0. The number of fused-ring (bicyclic) bond motifs is 4. The number of thiophene rings is 1. The van der Waals surface area contributed by atoms with E-state index in [-0.39, 0.29) is 24.0 Å². The number of carbonyl (C=O) groups excluding carboxylic acids is 1. The molecule has 2 aliphatic heterocycles. The van der Waals surface area contributed by atoms with Crippen molar-refractivity contribution in [3.05, 3.63) is 40.0 Å². The number of morpholine rings is 1. The summed E-state index contributed by atoms with van der Waals surface area (Å²) in [5.74, 6) is 1.81. The number of carbonyl (C=O) groups is 1. The number of benzene rings is 1. The number of nitrogens with zero attached hydrogens (tertiary/aromatic N) is 4. The normalized spacial score (nSPS) is 23.3. The van der Waals surface area contributed by atoms with Gasteiger partial charge in [0.25, 0.3) is 0 Å². The van der Waals surface area contributed by atoms with Gasteiger partial charge in [-0.3, -0.25) is 9.79 Å². The summed E-state index contributed by atoms with van der Waals surface area (Å²) in [7, 11) is 1.68. The Hall–Kier alpha value is -3.04. The van der Waals surface area contributed by atoms with Gasteiger partial charge in [-0.2, -0.15) is 0 Å². The first-order valence-electron chi connectivity index (χ1n) is 12.2. The Labute approximate surface area is 208 Å². The van der Waals surface area contributed by atoms with Gasteiger partial charge in [0.2, 0.25) is 5.91 Å². The molecule has 4 heterocycles. The average Bonchev–Trinajstić information content (AvgIpc) is 3.46. The minimum atomic E-state index is 0.00789. The molecule has 2 aromatic heterocycles. The standard InChI is InChI=1S/C26H29N5O3S/c1-14-11-31(12-15(2)34-14)26(32)16-4-5-19-22(8-16)35-25-23(19)24(28-13-29-25)30-20-6-17-9-27-10-18(17)7-21(20)33-3/h6-7,9,13-16H,4-5,8,10-12H2,1-3H3,(H,28,29,30)/t14-,15+,16-/m0/s1. The average molecular weight is 492 g/mol. The van der Waals surface area contributed by atoms with Gasteiger partial charge in [0.15, 0.2) is 0 Å². The molecule has 9 heteroatoms. The van der Waals surface area contributed by atoms with Crippen molar-refractivity contribution in [1.29, 1.82) is 0 Å². The Kier molecular flexibility index (Phi) is 5.69. The summed E-state index contributed by atoms with van der Waals surface area (Å²) in [6, 6.07) is 4.10. The van der Waals surface area contributed by atoms with Gasteiger partial charge in [0.1, 0.15) is 22.7 Å². The molecule has 0 bridgehead atoms. The van der Waals surface area contributed by atoms with E-state index in [2.05, 4.69) is 26.3 Å². The van der Waals surface area contributed by atoms with E-state index >= 15 is 0 Å². The summed E-state index contributed by atoms with van der Waals surface area (Å²) in [6.45, 7) is 6.11. The highest BCUT2D eigenvalue weighted by atomic mass is 32.1. The van der Waals surface area contributed by atoms with Crippen LogP contribution in [0.2, 0.25) is 0 Å². The Bertz CT molecular complexity index is 1330. The zero-order chi connectivity index (χ0) is 24.1. The molecule has 182 valence electrons. The topological polar surface area (TPSA) is 88.9 Å². The highest BCUT2D eigenvalue weighted by Crippen LogP contribution is 2.42. The van der Waals surface area contributed by atoms with Crippen molar-refractivity contribution in [2.45, 2.75) is 51.9 Å². The molecule has 3 aromatic rings. The number of aromatic nitrogens is 2. The predicted molar refractivity (Wildman–Crippen MR) is 137 cm³/mol. The molecule has 8 nitrogen and oxygen atoms in total. The van der Waals surface area contributed by atoms with Gasteiger partial charge in [-0.05, 0) is 61.9 Å². The lowest BCUT2D eigenvalue weighted by Crippen LogP contribution is -2.50. The molecular formula is C26H29N5O3S. The van der Waals surface area contributed by atoms with Crippen molar-refractivity contribution in [3.8, 4) is 5.75 Å². The Morgan fingerprint density at radius 2 is 2.06 bits per heavy atom. The smallest absolute Gasteiger partial charge is 0.226 e. The highest BCUT2D eigenvalue weighted by molar-refractivity contribution is 7.19. The number of rotatable bonds is 4. The molecule has 1 N–H and O–H groups in total. The first kappa shape index (κ1) is 22.4. The molecule has 0 radical (unpaired) electrons. The number of aliphatic imine (C=N–C) groups is 1. The number of aryl methyl sites for hydroxylation is 1. The molecule has 3 aliphatic rings. The number of anilines is 2. The van der Waals surface area contributed by atoms with Crippen molar-refractivity contribution in [2.75, 3.05) is 25.5 Å². The van der Waals surface area contributed by atoms with Crippen molar-refractivity contribution in [3.63, 3.8) is 0 Å². The summed E-state index contributed by atoms with van der Waals surface area (Å²) in [6.07, 6.45) is 6.10. The quantitative estimate of drug-likeness (QED) is 0.591. The molecule has 3 atom stereocenters. The summed E-state index contributed by atoms with van der Waals surface area (Å²) in [4.78, 5) is 31.1. The second-order valence-corrected chi connectivity index (χ2v) is 10.8. The maximum atomic E-state index is 13.4. The number of nitrogens with one attached hydrogen (secondary N) is 1. The molecule has 1 amide bonds. The molecule has 1 aliphatic carbocycles. The fraction of sp³-hybridized carbons (Fsp3) is 0.462. The SMILES string of the molecule is COc1cc2c(cc1Nc1ncnc3sc4c(c13)CC[C@H](C(=O)N1C[C@@H](C)O[C@@H](C)C1)C4)C=NC2. The number of methoxy groups -OCH3 is 1. The second-order valence-electron chi connectivity index (χ2n) is 9.69. The fourth-order valence-corrected chi connectivity index (χ4v) is 6.83. The van der Waals surface area contributed by atoms with Crippen LogP contribution in [-0.2, 0) is 28.9 Å². The zero-order valence-electron chi connectivity index (χ0n) is 20.2. The van der Waals surface area contributed by atoms with Crippen LogP contribution in [0, 0.1) is 5.92 Å². The molecule has 1 saturated heterocycles. The van der Waals surface area contributed by atoms with Crippen LogP contribution in [0.4, 0.5) is 11.5 Å². The van der Waals surface area contributed by atoms with Crippen LogP contribution in [0.25, 0.3) is 10.2 Å². The van der Waals surface area contributed by atoms with Crippen molar-refractivity contribution in [2.24, 2.45) is 10.9 Å². The van der Waals surface area contributed by atoms with Gasteiger partial charge in [-0.15, -0.1) is 11.3 Å². The van der Waals surface area contributed by atoms with Crippen molar-refractivity contribution >= 4 is 45.2 Å². The lowest BCUT2D eigenvalue weighted by molar-refractivity contribution is -0.147. The minimum absolute atomic E-state index is 0.00789. The molecule has 1 fully saturated rings. The predicted octanol–water partition coefficient (Wildman–Crippen LogP) is 4.12. The van der Waals surface area contributed by atoms with Crippen LogP contribution in [0.3, 0.4) is 0 Å². The number of amides is 1. The van der Waals surface area contributed by atoms with E-state index in [1.807, 2.05) is 31.0 Å². The number of ether oxygens (including phenoxy) is 2. The van der Waals surface area contributed by atoms with Gasteiger partial charge in [0, 0.05) is 30.1 Å². The van der Waals surface area contributed by atoms with E-state index in [0.29, 0.717) is 19.6 Å². The first-order valence-corrected chi connectivity index (χ1v) is 13.0. The minimum Gasteiger partial charge on any atom is -0.495 e. The summed E-state index contributed by atoms with van der Waals surface area (Å²) in [5, 5.41) is 4.57. The molecule has 35 heavy (non-hydrogen) atoms. The lowest BCUT2D eigenvalue weighted by atomic mass is 9.86. The zero-order valence-corrected chi connectivity index (χ0v) is 21.0. The Balaban J connectivity index is 1.29. The molecular weight excluding hydrogens is 462 g/mol. The molecule has 6 rings (SSSR count). The van der Waals surface area contributed by atoms with Gasteiger partial charge in [0.05, 0.1) is 36.9 Å². The highest BCUT2D eigenvalue weighted by Gasteiger charge is 2.34. The van der Waals surface area contributed by atoms with E-state index in [9.17, 15) is 4.79 Å². The fourth-order valence-electron chi connectivity index (χ4n) is 5.56. The number of hydrogen-bond donors (Lipinski definition) is 1. The Morgan fingerprint density at radius 1 is 1.23 bits per heavy atom. The molecule has 0 spiro atoms. The summed E-state index contributed by atoms with van der Waals surface area (Å²) < 4.78 is 11.5. The van der Waals surface area contributed by atoms with Crippen LogP contribution < -0.4 is 10.1 Å². The molecule has 0 saturated carbocycles. The van der Waals surface area contributed by atoms with Crippen LogP contribution in [0.1, 0.15) is 41.8 Å². The van der Waals surface area contributed by atoms with E-state index < -0.39 is 0 Å². The van der Waals surface area contributed by atoms with Gasteiger partial charge in [-0.1, -0.05) is 0 Å². The third-order valence-corrected chi connectivity index (χ3v) is 8.29. The Morgan fingerprint density at radius 3 is 2.86 bits per heavy atom. The maximum Gasteiger partial charge on any atom is 0.226 e. The monoisotopic (exact) mass is 491 g/mol. The van der Waals surface area contributed by atoms with E-state index in [0.717, 1.165) is 57.9 Å². The largest absolute Gasteiger partial charge is 0.495 e. The van der Waals surface area contributed by atoms with Crippen LogP contribution in [0.5, 0.6) is 5.75 Å². The summed E-state index contributed by atoms with van der Waals surface area (Å²) >= 11 is 1.68. The third kappa shape index (κ3) is 4.06. The molecule has 1 aromatic carbocycles. The molecule has 0 unspecified atom stereocenters. The maximum absolute atomic E-state index is 13.4. The van der Waals surface area contributed by atoms with Crippen molar-refractivity contribution in [1.82, 2.24) is 14.9 Å². The lowest BCUT2D eigenvalue weighted by Gasteiger charge is -2.37. The summed E-state index contributed by atoms with van der Waals surface area (Å²) in [5.41, 5.74) is 4.38. The van der Waals surface area contributed by atoms with E-state index in [1.165, 1.54) is 10.4 Å². The van der Waals surface area contributed by atoms with E-state index in [4.69, 9.17) is 9.47 Å².